The van der Waals surface area contributed by atoms with Gasteiger partial charge in [0.05, 0.1) is 11.9 Å². The first-order valence-corrected chi connectivity index (χ1v) is 10.5. The van der Waals surface area contributed by atoms with Crippen molar-refractivity contribution in [1.29, 1.82) is 0 Å². The predicted octanol–water partition coefficient (Wildman–Crippen LogP) is 4.25. The van der Waals surface area contributed by atoms with E-state index in [0.717, 1.165) is 27.1 Å². The lowest BCUT2D eigenvalue weighted by molar-refractivity contribution is 0.101. The van der Waals surface area contributed by atoms with Crippen LogP contribution in [0.2, 0.25) is 0 Å². The van der Waals surface area contributed by atoms with E-state index in [4.69, 9.17) is 0 Å². The largest absolute Gasteiger partial charge is 0.283 e. The zero-order chi connectivity index (χ0) is 22.9. The molecule has 0 saturated heterocycles. The Bertz CT molecular complexity index is 1530. The first kappa shape index (κ1) is 20.4. The highest BCUT2D eigenvalue weighted by Crippen LogP contribution is 2.20. The van der Waals surface area contributed by atoms with Gasteiger partial charge in [-0.15, -0.1) is 0 Å². The average molecular weight is 435 g/mol. The molecule has 7 heteroatoms. The maximum Gasteiger partial charge on any atom is 0.283 e. The van der Waals surface area contributed by atoms with Gasteiger partial charge < -0.3 is 0 Å². The molecule has 0 spiro atoms. The van der Waals surface area contributed by atoms with E-state index in [2.05, 4.69) is 15.5 Å². The van der Waals surface area contributed by atoms with Crippen LogP contribution in [0.5, 0.6) is 0 Å². The van der Waals surface area contributed by atoms with Crippen LogP contribution < -0.4 is 11.0 Å². The Morgan fingerprint density at radius 2 is 1.61 bits per heavy atom. The summed E-state index contributed by atoms with van der Waals surface area (Å²) in [6, 6.07) is 23.0. The number of aromatic nitrogens is 4. The number of hydrogen-bond donors (Lipinski definition) is 1. The lowest BCUT2D eigenvalue weighted by Crippen LogP contribution is -2.33. The maximum atomic E-state index is 13.0. The van der Waals surface area contributed by atoms with Gasteiger partial charge in [0.25, 0.3) is 11.5 Å². The number of amides is 1. The fraction of sp³-hybridized carbons (Fsp3) is 0.0769. The second kappa shape index (κ2) is 8.20. The Morgan fingerprint density at radius 3 is 2.33 bits per heavy atom. The van der Waals surface area contributed by atoms with E-state index in [0.29, 0.717) is 16.6 Å². The normalized spacial score (nSPS) is 11.0. The number of fused-ring (bicyclic) bond motifs is 1. The summed E-state index contributed by atoms with van der Waals surface area (Å²) in [6.45, 7) is 4.06. The van der Waals surface area contributed by atoms with Gasteiger partial charge in [0.15, 0.2) is 5.65 Å². The molecule has 3 aromatic carbocycles. The van der Waals surface area contributed by atoms with E-state index >= 15 is 0 Å². The lowest BCUT2D eigenvalue weighted by Gasteiger charge is -2.09. The van der Waals surface area contributed by atoms with Gasteiger partial charge in [-0.25, -0.2) is 14.3 Å². The lowest BCUT2D eigenvalue weighted by atomic mass is 10.0. The Morgan fingerprint density at radius 1 is 0.879 bits per heavy atom. The van der Waals surface area contributed by atoms with Crippen LogP contribution in [0.25, 0.3) is 27.8 Å². The van der Waals surface area contributed by atoms with Gasteiger partial charge in [-0.1, -0.05) is 48.5 Å². The molecule has 0 fully saturated rings. The molecule has 33 heavy (non-hydrogen) atoms. The third kappa shape index (κ3) is 3.80. The second-order valence-electron chi connectivity index (χ2n) is 7.87. The molecule has 0 atom stereocenters. The van der Waals surface area contributed by atoms with Gasteiger partial charge in [0, 0.05) is 5.56 Å². The molecule has 1 amide bonds. The molecule has 7 nitrogen and oxygen atoms in total. The monoisotopic (exact) mass is 435 g/mol. The van der Waals surface area contributed by atoms with E-state index in [1.54, 1.807) is 16.8 Å². The van der Waals surface area contributed by atoms with E-state index in [1.807, 2.05) is 74.5 Å². The molecule has 162 valence electrons. The summed E-state index contributed by atoms with van der Waals surface area (Å²) in [4.78, 5) is 30.1. The van der Waals surface area contributed by atoms with E-state index in [9.17, 15) is 9.59 Å². The van der Waals surface area contributed by atoms with Gasteiger partial charge in [0.2, 0.25) is 0 Å². The van der Waals surface area contributed by atoms with Crippen molar-refractivity contribution in [1.82, 2.24) is 19.4 Å². The predicted molar refractivity (Wildman–Crippen MR) is 128 cm³/mol. The van der Waals surface area contributed by atoms with Crippen molar-refractivity contribution in [3.05, 3.63) is 112 Å². The van der Waals surface area contributed by atoms with Crippen LogP contribution in [0.15, 0.2) is 90.1 Å². The SMILES string of the molecule is Cc1ccc(-n2ncc3c(=O)n(NC(=O)c4ccc(-c5ccccc5)cc4)cnc32)cc1C. The number of nitrogens with zero attached hydrogens (tertiary/aromatic N) is 4. The summed E-state index contributed by atoms with van der Waals surface area (Å²) in [6.07, 6.45) is 2.78. The molecule has 2 aromatic heterocycles. The number of benzene rings is 3. The molecular formula is C26H21N5O2. The van der Waals surface area contributed by atoms with Crippen LogP contribution in [0.4, 0.5) is 0 Å². The second-order valence-corrected chi connectivity index (χ2v) is 7.87. The van der Waals surface area contributed by atoms with Crippen molar-refractivity contribution >= 4 is 16.9 Å². The number of nitrogens with one attached hydrogen (secondary N) is 1. The van der Waals surface area contributed by atoms with Gasteiger partial charge in [-0.3, -0.25) is 15.0 Å². The summed E-state index contributed by atoms with van der Waals surface area (Å²) < 4.78 is 2.71. The first-order chi connectivity index (χ1) is 16.0. The van der Waals surface area contributed by atoms with Crippen molar-refractivity contribution in [3.8, 4) is 16.8 Å². The highest BCUT2D eigenvalue weighted by atomic mass is 16.2. The average Bonchev–Trinajstić information content (AvgIpc) is 3.28. The fourth-order valence-corrected chi connectivity index (χ4v) is 3.66. The third-order valence-electron chi connectivity index (χ3n) is 5.70. The van der Waals surface area contributed by atoms with Crippen LogP contribution >= 0.6 is 0 Å². The van der Waals surface area contributed by atoms with Crippen LogP contribution in [-0.2, 0) is 0 Å². The molecular weight excluding hydrogens is 414 g/mol. The van der Waals surface area contributed by atoms with Crippen LogP contribution in [0.1, 0.15) is 21.5 Å². The summed E-state index contributed by atoms with van der Waals surface area (Å²) >= 11 is 0. The maximum absolute atomic E-state index is 13.0. The summed E-state index contributed by atoms with van der Waals surface area (Å²) in [5.74, 6) is -0.403. The van der Waals surface area contributed by atoms with Crippen molar-refractivity contribution in [2.45, 2.75) is 13.8 Å². The molecule has 0 aliphatic rings. The third-order valence-corrected chi connectivity index (χ3v) is 5.70. The topological polar surface area (TPSA) is 81.8 Å². The fourth-order valence-electron chi connectivity index (χ4n) is 3.66. The number of hydrogen-bond acceptors (Lipinski definition) is 4. The van der Waals surface area contributed by atoms with E-state index in [-0.39, 0.29) is 0 Å². The molecule has 0 radical (unpaired) electrons. The Kier molecular flexibility index (Phi) is 5.06. The smallest absolute Gasteiger partial charge is 0.267 e. The number of carbonyl (C=O) groups is 1. The minimum atomic E-state index is -0.403. The molecule has 0 bridgehead atoms. The minimum absolute atomic E-state index is 0.315. The van der Waals surface area contributed by atoms with E-state index in [1.165, 1.54) is 18.1 Å². The Labute approximate surface area is 189 Å². The minimum Gasteiger partial charge on any atom is -0.267 e. The van der Waals surface area contributed by atoms with Crippen molar-refractivity contribution in [2.24, 2.45) is 0 Å². The van der Waals surface area contributed by atoms with E-state index < -0.39 is 11.5 Å². The highest BCUT2D eigenvalue weighted by Gasteiger charge is 2.14. The number of aryl methyl sites for hydroxylation is 2. The van der Waals surface area contributed by atoms with Gasteiger partial charge in [0.1, 0.15) is 11.7 Å². The van der Waals surface area contributed by atoms with Gasteiger partial charge in [-0.05, 0) is 60.4 Å². The summed E-state index contributed by atoms with van der Waals surface area (Å²) in [5.41, 5.74) is 8.26. The van der Waals surface area contributed by atoms with Crippen LogP contribution in [-0.4, -0.2) is 25.3 Å². The standard InChI is InChI=1S/C26H21N5O2/c1-17-8-13-22(14-18(17)2)31-24-23(15-28-31)26(33)30(16-27-24)29-25(32)21-11-9-20(10-12-21)19-6-4-3-5-7-19/h3-16H,1-2H3,(H,29,32). The molecule has 0 aliphatic carbocycles. The molecule has 5 rings (SSSR count). The number of carbonyl (C=O) groups excluding carboxylic acids is 1. The molecule has 2 heterocycles. The zero-order valence-electron chi connectivity index (χ0n) is 18.2. The van der Waals surface area contributed by atoms with Gasteiger partial charge >= 0.3 is 0 Å². The summed E-state index contributed by atoms with van der Waals surface area (Å²) in [7, 11) is 0. The van der Waals surface area contributed by atoms with Crippen LogP contribution in [0.3, 0.4) is 0 Å². The first-order valence-electron chi connectivity index (χ1n) is 10.5. The number of rotatable bonds is 4. The molecule has 5 aromatic rings. The zero-order valence-corrected chi connectivity index (χ0v) is 18.2. The molecule has 1 N–H and O–H groups in total. The van der Waals surface area contributed by atoms with Crippen molar-refractivity contribution in [3.63, 3.8) is 0 Å². The van der Waals surface area contributed by atoms with Crippen molar-refractivity contribution < 1.29 is 4.79 Å². The van der Waals surface area contributed by atoms with Crippen molar-refractivity contribution in [2.75, 3.05) is 5.43 Å². The molecule has 0 aliphatic heterocycles. The highest BCUT2D eigenvalue weighted by molar-refractivity contribution is 6.00. The summed E-state index contributed by atoms with van der Waals surface area (Å²) in [5, 5.41) is 4.66. The molecule has 0 saturated carbocycles. The van der Waals surface area contributed by atoms with Gasteiger partial charge in [-0.2, -0.15) is 5.10 Å². The molecule has 0 unspecified atom stereocenters. The Balaban J connectivity index is 1.41. The quantitative estimate of drug-likeness (QED) is 0.458. The Hall–Kier alpha value is -4.52. The van der Waals surface area contributed by atoms with Crippen LogP contribution in [0, 0.1) is 13.8 Å².